The highest BCUT2D eigenvalue weighted by molar-refractivity contribution is 5.35. The van der Waals surface area contributed by atoms with E-state index >= 15 is 0 Å². The van der Waals surface area contributed by atoms with Gasteiger partial charge in [-0.05, 0) is 50.6 Å². The van der Waals surface area contributed by atoms with Gasteiger partial charge >= 0.3 is 0 Å². The second kappa shape index (κ2) is 5.07. The summed E-state index contributed by atoms with van der Waals surface area (Å²) in [5.74, 6) is 0.862. The number of methoxy groups -OCH3 is 1. The molecule has 0 amide bonds. The fourth-order valence-corrected chi connectivity index (χ4v) is 2.75. The Kier molecular flexibility index (Phi) is 3.69. The third-order valence-electron chi connectivity index (χ3n) is 3.94. The topological polar surface area (TPSA) is 41.5 Å². The molecule has 94 valence electrons. The maximum atomic E-state index is 10.2. The normalized spacial score (nSPS) is 20.9. The van der Waals surface area contributed by atoms with Gasteiger partial charge < -0.3 is 15.2 Å². The summed E-state index contributed by atoms with van der Waals surface area (Å²) in [6.07, 6.45) is 1.60. The summed E-state index contributed by atoms with van der Waals surface area (Å²) in [5, 5.41) is 13.5. The van der Waals surface area contributed by atoms with E-state index in [9.17, 15) is 5.11 Å². The van der Waals surface area contributed by atoms with Crippen LogP contribution in [0.25, 0.3) is 0 Å². The molecule has 1 atom stereocenters. The minimum atomic E-state index is -0.336. The van der Waals surface area contributed by atoms with Crippen molar-refractivity contribution in [3.05, 3.63) is 29.8 Å². The highest BCUT2D eigenvalue weighted by Crippen LogP contribution is 2.38. The fraction of sp³-hybridized carbons (Fsp3) is 0.571. The van der Waals surface area contributed by atoms with Crippen LogP contribution in [0.5, 0.6) is 5.75 Å². The molecule has 1 heterocycles. The van der Waals surface area contributed by atoms with E-state index in [0.29, 0.717) is 0 Å². The van der Waals surface area contributed by atoms with Gasteiger partial charge in [0.15, 0.2) is 0 Å². The van der Waals surface area contributed by atoms with Crippen molar-refractivity contribution in [1.82, 2.24) is 5.32 Å². The molecule has 1 saturated heterocycles. The summed E-state index contributed by atoms with van der Waals surface area (Å²) < 4.78 is 5.27. The highest BCUT2D eigenvalue weighted by atomic mass is 16.5. The van der Waals surface area contributed by atoms with E-state index in [1.807, 2.05) is 19.1 Å². The molecule has 1 fully saturated rings. The minimum Gasteiger partial charge on any atom is -0.497 e. The van der Waals surface area contributed by atoms with Crippen LogP contribution in [-0.2, 0) is 5.41 Å². The molecular weight excluding hydrogens is 214 g/mol. The van der Waals surface area contributed by atoms with Crippen molar-refractivity contribution in [3.8, 4) is 5.75 Å². The lowest BCUT2D eigenvalue weighted by molar-refractivity contribution is 0.0731. The third kappa shape index (κ3) is 2.31. The maximum Gasteiger partial charge on any atom is 0.119 e. The van der Waals surface area contributed by atoms with Crippen LogP contribution in [0.3, 0.4) is 0 Å². The van der Waals surface area contributed by atoms with Crippen molar-refractivity contribution in [1.29, 1.82) is 0 Å². The van der Waals surface area contributed by atoms with Gasteiger partial charge in [0.1, 0.15) is 5.75 Å². The molecule has 1 unspecified atom stereocenters. The van der Waals surface area contributed by atoms with E-state index in [0.717, 1.165) is 31.7 Å². The van der Waals surface area contributed by atoms with Gasteiger partial charge in [-0.15, -0.1) is 0 Å². The number of hydrogen-bond donors (Lipinski definition) is 2. The number of aliphatic hydroxyl groups is 1. The van der Waals surface area contributed by atoms with Gasteiger partial charge in [0.25, 0.3) is 0 Å². The summed E-state index contributed by atoms with van der Waals surface area (Å²) in [6.45, 7) is 3.81. The fourth-order valence-electron chi connectivity index (χ4n) is 2.75. The van der Waals surface area contributed by atoms with Crippen molar-refractivity contribution in [2.75, 3.05) is 20.2 Å². The molecule has 1 aliphatic rings. The molecule has 17 heavy (non-hydrogen) atoms. The van der Waals surface area contributed by atoms with Crippen molar-refractivity contribution in [2.24, 2.45) is 0 Å². The van der Waals surface area contributed by atoms with Crippen molar-refractivity contribution in [2.45, 2.75) is 31.3 Å². The molecule has 0 aromatic heterocycles. The molecular formula is C14H21NO2. The average Bonchev–Trinajstić information content (AvgIpc) is 2.39. The Morgan fingerprint density at radius 1 is 1.35 bits per heavy atom. The number of ether oxygens (including phenoxy) is 1. The summed E-state index contributed by atoms with van der Waals surface area (Å²) in [5.41, 5.74) is 1.06. The zero-order valence-electron chi connectivity index (χ0n) is 10.6. The first-order valence-corrected chi connectivity index (χ1v) is 6.22. The second-order valence-corrected chi connectivity index (χ2v) is 4.81. The lowest BCUT2D eigenvalue weighted by atomic mass is 9.69. The molecule has 2 rings (SSSR count). The zero-order chi connectivity index (χ0) is 12.3. The molecule has 1 aliphatic heterocycles. The smallest absolute Gasteiger partial charge is 0.119 e. The average molecular weight is 235 g/mol. The standard InChI is InChI=1S/C14H21NO2/c1-11(16)14(6-8-15-9-7-14)12-4-3-5-13(10-12)17-2/h3-5,10-11,15-16H,6-9H2,1-2H3. The van der Waals surface area contributed by atoms with Gasteiger partial charge in [-0.3, -0.25) is 0 Å². The Hall–Kier alpha value is -1.06. The van der Waals surface area contributed by atoms with Gasteiger partial charge in [0, 0.05) is 5.41 Å². The number of nitrogens with one attached hydrogen (secondary N) is 1. The summed E-state index contributed by atoms with van der Waals surface area (Å²) in [6, 6.07) is 8.10. The van der Waals surface area contributed by atoms with Crippen LogP contribution in [0.15, 0.2) is 24.3 Å². The predicted octanol–water partition coefficient (Wildman–Crippen LogP) is 1.70. The van der Waals surface area contributed by atoms with Gasteiger partial charge in [-0.25, -0.2) is 0 Å². The summed E-state index contributed by atoms with van der Waals surface area (Å²) in [7, 11) is 1.68. The SMILES string of the molecule is COc1cccc(C2(C(C)O)CCNCC2)c1. The summed E-state index contributed by atoms with van der Waals surface area (Å²) >= 11 is 0. The Balaban J connectivity index is 2.37. The van der Waals surface area contributed by atoms with Crippen molar-refractivity contribution < 1.29 is 9.84 Å². The van der Waals surface area contributed by atoms with Crippen LogP contribution < -0.4 is 10.1 Å². The molecule has 2 N–H and O–H groups in total. The lowest BCUT2D eigenvalue weighted by Gasteiger charge is -2.40. The van der Waals surface area contributed by atoms with Crippen LogP contribution in [0.1, 0.15) is 25.3 Å². The molecule has 3 nitrogen and oxygen atoms in total. The first-order valence-electron chi connectivity index (χ1n) is 6.22. The second-order valence-electron chi connectivity index (χ2n) is 4.81. The lowest BCUT2D eigenvalue weighted by Crippen LogP contribution is -2.46. The van der Waals surface area contributed by atoms with Crippen LogP contribution in [0, 0.1) is 0 Å². The Bertz CT molecular complexity index is 370. The van der Waals surface area contributed by atoms with E-state index in [-0.39, 0.29) is 11.5 Å². The Labute approximate surface area is 103 Å². The number of piperidine rings is 1. The molecule has 3 heteroatoms. The molecule has 0 spiro atoms. The van der Waals surface area contributed by atoms with Gasteiger partial charge in [0.05, 0.1) is 13.2 Å². The monoisotopic (exact) mass is 235 g/mol. The number of rotatable bonds is 3. The third-order valence-corrected chi connectivity index (χ3v) is 3.94. The largest absolute Gasteiger partial charge is 0.497 e. The Morgan fingerprint density at radius 2 is 2.06 bits per heavy atom. The first-order chi connectivity index (χ1) is 8.19. The Morgan fingerprint density at radius 3 is 2.65 bits per heavy atom. The van der Waals surface area contributed by atoms with Crippen LogP contribution >= 0.6 is 0 Å². The van der Waals surface area contributed by atoms with Crippen LogP contribution in [0.4, 0.5) is 0 Å². The first kappa shape index (κ1) is 12.4. The van der Waals surface area contributed by atoms with Crippen molar-refractivity contribution >= 4 is 0 Å². The van der Waals surface area contributed by atoms with Gasteiger partial charge in [-0.2, -0.15) is 0 Å². The molecule has 0 saturated carbocycles. The number of hydrogen-bond acceptors (Lipinski definition) is 3. The molecule has 0 radical (unpaired) electrons. The molecule has 0 bridgehead atoms. The quantitative estimate of drug-likeness (QED) is 0.838. The van der Waals surface area contributed by atoms with Crippen molar-refractivity contribution in [3.63, 3.8) is 0 Å². The van der Waals surface area contributed by atoms with Crippen LogP contribution in [0.2, 0.25) is 0 Å². The summed E-state index contributed by atoms with van der Waals surface area (Å²) in [4.78, 5) is 0. The van der Waals surface area contributed by atoms with Gasteiger partial charge in [-0.1, -0.05) is 12.1 Å². The van der Waals surface area contributed by atoms with E-state index in [1.165, 1.54) is 5.56 Å². The highest BCUT2D eigenvalue weighted by Gasteiger charge is 2.38. The maximum absolute atomic E-state index is 10.2. The molecule has 1 aromatic rings. The van der Waals surface area contributed by atoms with E-state index in [2.05, 4.69) is 17.4 Å². The van der Waals surface area contributed by atoms with E-state index < -0.39 is 0 Å². The molecule has 0 aliphatic carbocycles. The predicted molar refractivity (Wildman–Crippen MR) is 68.5 cm³/mol. The number of benzene rings is 1. The van der Waals surface area contributed by atoms with E-state index in [1.54, 1.807) is 7.11 Å². The zero-order valence-corrected chi connectivity index (χ0v) is 10.6. The van der Waals surface area contributed by atoms with E-state index in [4.69, 9.17) is 4.74 Å². The molecule has 1 aromatic carbocycles. The minimum absolute atomic E-state index is 0.125. The van der Waals surface area contributed by atoms with Crippen LogP contribution in [-0.4, -0.2) is 31.4 Å². The van der Waals surface area contributed by atoms with Gasteiger partial charge in [0.2, 0.25) is 0 Å². The number of aliphatic hydroxyl groups excluding tert-OH is 1.